The molecule has 0 aliphatic heterocycles. The van der Waals surface area contributed by atoms with Gasteiger partial charge in [-0.1, -0.05) is 0 Å². The molecule has 7 heteroatoms. The standard InChI is InChI=1S/C11H23N3O2S.HI/c1-4-12-11(14-10-5-6-10)13-9(2)7-8-17(3,15)16;/h9-10H,4-8H2,1-3H3,(H2,12,13,14);1H. The van der Waals surface area contributed by atoms with Gasteiger partial charge in [-0.05, 0) is 33.1 Å². The molecule has 0 aromatic heterocycles. The number of hydrogen-bond donors (Lipinski definition) is 2. The molecule has 0 saturated heterocycles. The highest BCUT2D eigenvalue weighted by atomic mass is 127. The van der Waals surface area contributed by atoms with E-state index in [1.165, 1.54) is 19.1 Å². The van der Waals surface area contributed by atoms with Crippen molar-refractivity contribution in [3.8, 4) is 0 Å². The number of aliphatic imine (C=N–C) groups is 1. The lowest BCUT2D eigenvalue weighted by Gasteiger charge is -2.17. The van der Waals surface area contributed by atoms with Gasteiger partial charge in [0, 0.05) is 24.9 Å². The molecule has 0 spiro atoms. The molecule has 0 amide bonds. The van der Waals surface area contributed by atoms with Crippen molar-refractivity contribution < 1.29 is 8.42 Å². The summed E-state index contributed by atoms with van der Waals surface area (Å²) in [6.45, 7) is 4.68. The maximum atomic E-state index is 11.1. The van der Waals surface area contributed by atoms with Crippen LogP contribution in [0.3, 0.4) is 0 Å². The lowest BCUT2D eigenvalue weighted by Crippen LogP contribution is -2.43. The zero-order chi connectivity index (χ0) is 12.9. The SMILES string of the molecule is CCN=C(NC(C)CCS(C)(=O)=O)NC1CC1.I. The summed E-state index contributed by atoms with van der Waals surface area (Å²) in [5.41, 5.74) is 0. The maximum Gasteiger partial charge on any atom is 0.191 e. The van der Waals surface area contributed by atoms with E-state index in [1.807, 2.05) is 13.8 Å². The molecule has 1 rings (SSSR count). The quantitative estimate of drug-likeness (QED) is 0.406. The van der Waals surface area contributed by atoms with Crippen LogP contribution in [0.2, 0.25) is 0 Å². The minimum absolute atomic E-state index is 0. The van der Waals surface area contributed by atoms with Crippen LogP contribution >= 0.6 is 24.0 Å². The fourth-order valence-corrected chi connectivity index (χ4v) is 2.19. The lowest BCUT2D eigenvalue weighted by atomic mass is 10.3. The highest BCUT2D eigenvalue weighted by Gasteiger charge is 2.22. The van der Waals surface area contributed by atoms with E-state index < -0.39 is 9.84 Å². The van der Waals surface area contributed by atoms with Crippen LogP contribution in [0.5, 0.6) is 0 Å². The fraction of sp³-hybridized carbons (Fsp3) is 0.909. The van der Waals surface area contributed by atoms with Crippen LogP contribution in [0.4, 0.5) is 0 Å². The van der Waals surface area contributed by atoms with Crippen LogP contribution in [-0.4, -0.2) is 45.0 Å². The van der Waals surface area contributed by atoms with Crippen LogP contribution in [0.15, 0.2) is 4.99 Å². The summed E-state index contributed by atoms with van der Waals surface area (Å²) in [5, 5.41) is 6.55. The third-order valence-corrected chi connectivity index (χ3v) is 3.52. The van der Waals surface area contributed by atoms with E-state index in [4.69, 9.17) is 0 Å². The summed E-state index contributed by atoms with van der Waals surface area (Å²) in [6, 6.07) is 0.663. The zero-order valence-electron chi connectivity index (χ0n) is 11.3. The molecule has 1 fully saturated rings. The van der Waals surface area contributed by atoms with Gasteiger partial charge in [-0.3, -0.25) is 4.99 Å². The van der Waals surface area contributed by atoms with E-state index in [9.17, 15) is 8.42 Å². The highest BCUT2D eigenvalue weighted by Crippen LogP contribution is 2.18. The van der Waals surface area contributed by atoms with Crippen LogP contribution in [0.25, 0.3) is 0 Å². The van der Waals surface area contributed by atoms with E-state index in [-0.39, 0.29) is 35.8 Å². The second kappa shape index (κ2) is 8.19. The predicted molar refractivity (Wildman–Crippen MR) is 86.5 cm³/mol. The Hall–Kier alpha value is -0.0500. The van der Waals surface area contributed by atoms with Crippen molar-refractivity contribution in [3.05, 3.63) is 0 Å². The molecule has 18 heavy (non-hydrogen) atoms. The second-order valence-corrected chi connectivity index (χ2v) is 6.97. The molecule has 108 valence electrons. The van der Waals surface area contributed by atoms with E-state index >= 15 is 0 Å². The Labute approximate surface area is 127 Å². The Bertz CT molecular complexity index is 366. The topological polar surface area (TPSA) is 70.6 Å². The molecule has 0 aromatic carbocycles. The minimum atomic E-state index is -2.88. The number of guanidine groups is 1. The van der Waals surface area contributed by atoms with E-state index in [0.29, 0.717) is 12.5 Å². The van der Waals surface area contributed by atoms with Gasteiger partial charge in [0.05, 0.1) is 5.75 Å². The molecule has 0 heterocycles. The molecule has 1 saturated carbocycles. The summed E-state index contributed by atoms with van der Waals surface area (Å²) in [4.78, 5) is 4.33. The summed E-state index contributed by atoms with van der Waals surface area (Å²) < 4.78 is 22.1. The number of sulfone groups is 1. The molecule has 1 aliphatic carbocycles. The van der Waals surface area contributed by atoms with E-state index in [1.54, 1.807) is 0 Å². The van der Waals surface area contributed by atoms with Crippen molar-refractivity contribution in [3.63, 3.8) is 0 Å². The number of nitrogens with one attached hydrogen (secondary N) is 2. The molecule has 0 aromatic rings. The number of nitrogens with zero attached hydrogens (tertiary/aromatic N) is 1. The second-order valence-electron chi connectivity index (χ2n) is 4.71. The number of halogens is 1. The van der Waals surface area contributed by atoms with E-state index in [0.717, 1.165) is 12.5 Å². The summed E-state index contributed by atoms with van der Waals surface area (Å²) in [5.74, 6) is 1.01. The molecule has 0 radical (unpaired) electrons. The van der Waals surface area contributed by atoms with E-state index in [2.05, 4.69) is 15.6 Å². The van der Waals surface area contributed by atoms with Crippen molar-refractivity contribution in [2.75, 3.05) is 18.6 Å². The zero-order valence-corrected chi connectivity index (χ0v) is 14.4. The first-order chi connectivity index (χ1) is 7.90. The Kier molecular flexibility index (Phi) is 8.16. The van der Waals surface area contributed by atoms with Crippen LogP contribution in [0, 0.1) is 0 Å². The fourth-order valence-electron chi connectivity index (χ4n) is 1.41. The van der Waals surface area contributed by atoms with Gasteiger partial charge in [0.1, 0.15) is 9.84 Å². The smallest absolute Gasteiger partial charge is 0.191 e. The molecule has 1 aliphatic rings. The molecule has 5 nitrogen and oxygen atoms in total. The molecule has 1 unspecified atom stereocenters. The molecule has 1 atom stereocenters. The first kappa shape index (κ1) is 17.9. The van der Waals surface area contributed by atoms with Crippen LogP contribution in [0.1, 0.15) is 33.1 Å². The average Bonchev–Trinajstić information content (AvgIpc) is 2.98. The summed E-state index contributed by atoms with van der Waals surface area (Å²) in [6.07, 6.45) is 4.27. The summed E-state index contributed by atoms with van der Waals surface area (Å²) >= 11 is 0. The van der Waals surface area contributed by atoms with Gasteiger partial charge in [0.25, 0.3) is 0 Å². The summed E-state index contributed by atoms with van der Waals surface area (Å²) in [7, 11) is -2.88. The van der Waals surface area contributed by atoms with Gasteiger partial charge in [-0.15, -0.1) is 24.0 Å². The number of rotatable bonds is 6. The average molecular weight is 389 g/mol. The molecular weight excluding hydrogens is 365 g/mol. The Morgan fingerprint density at radius 3 is 2.50 bits per heavy atom. The lowest BCUT2D eigenvalue weighted by molar-refractivity contribution is 0.580. The Balaban J connectivity index is 0.00000289. The minimum Gasteiger partial charge on any atom is -0.354 e. The monoisotopic (exact) mass is 389 g/mol. The first-order valence-corrected chi connectivity index (χ1v) is 8.22. The van der Waals surface area contributed by atoms with Crippen molar-refractivity contribution >= 4 is 39.8 Å². The molecule has 2 N–H and O–H groups in total. The van der Waals surface area contributed by atoms with Crippen LogP contribution in [-0.2, 0) is 9.84 Å². The first-order valence-electron chi connectivity index (χ1n) is 6.16. The van der Waals surface area contributed by atoms with Gasteiger partial charge in [0.15, 0.2) is 5.96 Å². The van der Waals surface area contributed by atoms with Gasteiger partial charge >= 0.3 is 0 Å². The third kappa shape index (κ3) is 8.96. The highest BCUT2D eigenvalue weighted by molar-refractivity contribution is 14.0. The normalized spacial score (nSPS) is 17.8. The molecular formula is C11H24IN3O2S. The van der Waals surface area contributed by atoms with Gasteiger partial charge in [-0.25, -0.2) is 8.42 Å². The van der Waals surface area contributed by atoms with Crippen LogP contribution < -0.4 is 10.6 Å². The third-order valence-electron chi connectivity index (χ3n) is 2.54. The number of hydrogen-bond acceptors (Lipinski definition) is 3. The van der Waals surface area contributed by atoms with Gasteiger partial charge in [0.2, 0.25) is 0 Å². The van der Waals surface area contributed by atoms with Crippen molar-refractivity contribution in [1.82, 2.24) is 10.6 Å². The van der Waals surface area contributed by atoms with Gasteiger partial charge < -0.3 is 10.6 Å². The Morgan fingerprint density at radius 1 is 1.44 bits per heavy atom. The van der Waals surface area contributed by atoms with Crippen molar-refractivity contribution in [2.24, 2.45) is 4.99 Å². The maximum absolute atomic E-state index is 11.1. The Morgan fingerprint density at radius 2 is 2.06 bits per heavy atom. The van der Waals surface area contributed by atoms with Gasteiger partial charge in [-0.2, -0.15) is 0 Å². The largest absolute Gasteiger partial charge is 0.354 e. The molecule has 0 bridgehead atoms. The predicted octanol–water partition coefficient (Wildman–Crippen LogP) is 1.15. The van der Waals surface area contributed by atoms with Crippen molar-refractivity contribution in [2.45, 2.75) is 45.2 Å². The van der Waals surface area contributed by atoms with Crippen molar-refractivity contribution in [1.29, 1.82) is 0 Å².